The molecule has 9 heteroatoms. The molecular weight excluding hydrogens is 433 g/mol. The van der Waals surface area contributed by atoms with Crippen molar-refractivity contribution < 1.29 is 22.8 Å². The number of rotatable bonds is 5. The number of aromatic nitrogens is 1. The molecule has 1 aliphatic heterocycles. The van der Waals surface area contributed by atoms with Gasteiger partial charge in [-0.1, -0.05) is 18.2 Å². The lowest BCUT2D eigenvalue weighted by molar-refractivity contribution is -0.137. The Labute approximate surface area is 189 Å². The number of anilines is 1. The molecule has 0 saturated carbocycles. The molecule has 0 aliphatic carbocycles. The topological polar surface area (TPSA) is 77.2 Å². The fourth-order valence-electron chi connectivity index (χ4n) is 4.12. The predicted molar refractivity (Wildman–Crippen MR) is 120 cm³/mol. The molecule has 4 rings (SSSR count). The zero-order valence-corrected chi connectivity index (χ0v) is 17.9. The molecule has 2 aromatic carbocycles. The Kier molecular flexibility index (Phi) is 6.57. The van der Waals surface area contributed by atoms with Crippen molar-refractivity contribution in [2.45, 2.75) is 37.9 Å². The van der Waals surface area contributed by atoms with Gasteiger partial charge in [-0.05, 0) is 55.2 Å². The molecule has 174 valence electrons. The smallest absolute Gasteiger partial charge is 0.361 e. The summed E-state index contributed by atoms with van der Waals surface area (Å²) in [6, 6.07) is 10.4. The summed E-state index contributed by atoms with van der Waals surface area (Å²) in [4.78, 5) is 30.9. The first-order valence-electron chi connectivity index (χ1n) is 10.9. The highest BCUT2D eigenvalue weighted by atomic mass is 19.4. The number of piperidine rings is 1. The van der Waals surface area contributed by atoms with Gasteiger partial charge in [0, 0.05) is 42.3 Å². The summed E-state index contributed by atoms with van der Waals surface area (Å²) in [6.45, 7) is 1.29. The van der Waals surface area contributed by atoms with Crippen molar-refractivity contribution in [1.29, 1.82) is 0 Å². The van der Waals surface area contributed by atoms with Crippen molar-refractivity contribution >= 4 is 28.5 Å². The van der Waals surface area contributed by atoms with Gasteiger partial charge in [0.1, 0.15) is 6.04 Å². The molecule has 3 aromatic rings. The average Bonchev–Trinajstić information content (AvgIpc) is 3.21. The second kappa shape index (κ2) is 9.56. The van der Waals surface area contributed by atoms with E-state index in [2.05, 4.69) is 15.6 Å². The molecule has 0 spiro atoms. The molecule has 1 saturated heterocycles. The van der Waals surface area contributed by atoms with Gasteiger partial charge in [-0.3, -0.25) is 4.79 Å². The molecule has 1 fully saturated rings. The highest BCUT2D eigenvalue weighted by Crippen LogP contribution is 2.29. The number of hydrogen-bond acceptors (Lipinski definition) is 2. The maximum absolute atomic E-state index is 13.3. The Morgan fingerprint density at radius 2 is 1.70 bits per heavy atom. The number of halogens is 3. The Morgan fingerprint density at radius 1 is 1.00 bits per heavy atom. The van der Waals surface area contributed by atoms with E-state index in [-0.39, 0.29) is 11.6 Å². The number of aromatic amines is 1. The number of alkyl halides is 3. The van der Waals surface area contributed by atoms with Gasteiger partial charge < -0.3 is 20.5 Å². The quantitative estimate of drug-likeness (QED) is 0.507. The number of H-pyrrole nitrogens is 1. The number of nitrogens with one attached hydrogen (secondary N) is 3. The van der Waals surface area contributed by atoms with Crippen LogP contribution in [0.4, 0.5) is 23.7 Å². The van der Waals surface area contributed by atoms with E-state index in [1.54, 1.807) is 4.90 Å². The number of amides is 3. The predicted octanol–water partition coefficient (Wildman–Crippen LogP) is 4.93. The second-order valence-corrected chi connectivity index (χ2v) is 8.18. The van der Waals surface area contributed by atoms with E-state index >= 15 is 0 Å². The Balaban J connectivity index is 1.50. The van der Waals surface area contributed by atoms with E-state index in [1.165, 1.54) is 12.1 Å². The van der Waals surface area contributed by atoms with Crippen LogP contribution in [0.15, 0.2) is 54.7 Å². The number of para-hydroxylation sites is 1. The maximum atomic E-state index is 13.3. The van der Waals surface area contributed by atoms with Crippen LogP contribution in [0.1, 0.15) is 30.4 Å². The van der Waals surface area contributed by atoms with E-state index in [1.807, 2.05) is 30.5 Å². The first kappa shape index (κ1) is 22.7. The minimum Gasteiger partial charge on any atom is -0.361 e. The van der Waals surface area contributed by atoms with Gasteiger partial charge >= 0.3 is 12.2 Å². The van der Waals surface area contributed by atoms with Gasteiger partial charge in [-0.2, -0.15) is 13.2 Å². The third kappa shape index (κ3) is 5.47. The monoisotopic (exact) mass is 458 g/mol. The number of carbonyl (C=O) groups is 2. The summed E-state index contributed by atoms with van der Waals surface area (Å²) in [6.07, 6.45) is 0.577. The molecule has 0 radical (unpaired) electrons. The van der Waals surface area contributed by atoms with E-state index < -0.39 is 23.8 Å². The normalized spacial score (nSPS) is 15.3. The standard InChI is InChI=1S/C24H25F3N4O2/c25-24(26,27)17-8-10-18(11-9-17)29-23(33)30-21(22(32)31-12-4-1-5-13-31)14-16-15-28-20-7-3-2-6-19(16)20/h2-3,6-11,15,21,28H,1,4-5,12-14H2,(H2,29,30,33). The summed E-state index contributed by atoms with van der Waals surface area (Å²) in [5.41, 5.74) is 1.24. The summed E-state index contributed by atoms with van der Waals surface area (Å²) in [7, 11) is 0. The summed E-state index contributed by atoms with van der Waals surface area (Å²) < 4.78 is 38.3. The van der Waals surface area contributed by atoms with Crippen LogP contribution in [0.3, 0.4) is 0 Å². The highest BCUT2D eigenvalue weighted by Gasteiger charge is 2.30. The maximum Gasteiger partial charge on any atom is 0.416 e. The SMILES string of the molecule is O=C(Nc1ccc(C(F)(F)F)cc1)NC(Cc1c[nH]c2ccccc12)C(=O)N1CCCCC1. The fraction of sp³-hybridized carbons (Fsp3) is 0.333. The second-order valence-electron chi connectivity index (χ2n) is 8.18. The first-order chi connectivity index (χ1) is 15.8. The molecule has 1 atom stereocenters. The van der Waals surface area contributed by atoms with Crippen molar-refractivity contribution in [1.82, 2.24) is 15.2 Å². The van der Waals surface area contributed by atoms with Crippen LogP contribution >= 0.6 is 0 Å². The number of fused-ring (bicyclic) bond motifs is 1. The molecule has 2 heterocycles. The van der Waals surface area contributed by atoms with Crippen molar-refractivity contribution in [3.8, 4) is 0 Å². The van der Waals surface area contributed by atoms with Crippen molar-refractivity contribution in [3.05, 3.63) is 65.9 Å². The van der Waals surface area contributed by atoms with E-state index in [0.29, 0.717) is 19.5 Å². The molecule has 1 aliphatic rings. The van der Waals surface area contributed by atoms with Gasteiger partial charge in [0.2, 0.25) is 5.91 Å². The minimum absolute atomic E-state index is 0.164. The summed E-state index contributed by atoms with van der Waals surface area (Å²) >= 11 is 0. The third-order valence-electron chi connectivity index (χ3n) is 5.84. The van der Waals surface area contributed by atoms with E-state index in [0.717, 1.165) is 47.9 Å². The molecule has 3 amide bonds. The summed E-state index contributed by atoms with van der Waals surface area (Å²) in [5.74, 6) is -0.164. The first-order valence-corrected chi connectivity index (χ1v) is 10.9. The number of carbonyl (C=O) groups excluding carboxylic acids is 2. The molecule has 0 bridgehead atoms. The van der Waals surface area contributed by atoms with Gasteiger partial charge in [-0.25, -0.2) is 4.79 Å². The van der Waals surface area contributed by atoms with Gasteiger partial charge in [-0.15, -0.1) is 0 Å². The molecular formula is C24H25F3N4O2. The zero-order chi connectivity index (χ0) is 23.4. The lowest BCUT2D eigenvalue weighted by Crippen LogP contribution is -2.52. The van der Waals surface area contributed by atoms with Crippen LogP contribution in [0.5, 0.6) is 0 Å². The van der Waals surface area contributed by atoms with Crippen LogP contribution in [0.25, 0.3) is 10.9 Å². The summed E-state index contributed by atoms with van der Waals surface area (Å²) in [5, 5.41) is 6.23. The van der Waals surface area contributed by atoms with Crippen molar-refractivity contribution in [2.75, 3.05) is 18.4 Å². The lowest BCUT2D eigenvalue weighted by atomic mass is 10.0. The van der Waals surface area contributed by atoms with Crippen LogP contribution < -0.4 is 10.6 Å². The number of nitrogens with zero attached hydrogens (tertiary/aromatic N) is 1. The largest absolute Gasteiger partial charge is 0.416 e. The van der Waals surface area contributed by atoms with Gasteiger partial charge in [0.25, 0.3) is 0 Å². The van der Waals surface area contributed by atoms with Crippen LogP contribution in [-0.4, -0.2) is 41.0 Å². The number of urea groups is 1. The lowest BCUT2D eigenvalue weighted by Gasteiger charge is -2.30. The van der Waals surface area contributed by atoms with Gasteiger partial charge in [0.15, 0.2) is 0 Å². The highest BCUT2D eigenvalue weighted by molar-refractivity contribution is 5.94. The zero-order valence-electron chi connectivity index (χ0n) is 17.9. The Bertz CT molecular complexity index is 1120. The molecule has 33 heavy (non-hydrogen) atoms. The minimum atomic E-state index is -4.45. The molecule has 3 N–H and O–H groups in total. The van der Waals surface area contributed by atoms with Crippen molar-refractivity contribution in [2.24, 2.45) is 0 Å². The van der Waals surface area contributed by atoms with Gasteiger partial charge in [0.05, 0.1) is 5.56 Å². The number of hydrogen-bond donors (Lipinski definition) is 3. The fourth-order valence-corrected chi connectivity index (χ4v) is 4.12. The van der Waals surface area contributed by atoms with Crippen LogP contribution in [-0.2, 0) is 17.4 Å². The molecule has 1 unspecified atom stereocenters. The van der Waals surface area contributed by atoms with Crippen LogP contribution in [0.2, 0.25) is 0 Å². The van der Waals surface area contributed by atoms with E-state index in [4.69, 9.17) is 0 Å². The van der Waals surface area contributed by atoms with Crippen molar-refractivity contribution in [3.63, 3.8) is 0 Å². The molecule has 1 aromatic heterocycles. The van der Waals surface area contributed by atoms with E-state index in [9.17, 15) is 22.8 Å². The molecule has 6 nitrogen and oxygen atoms in total. The number of likely N-dealkylation sites (tertiary alicyclic amines) is 1. The Hall–Kier alpha value is -3.49. The Morgan fingerprint density at radius 3 is 2.39 bits per heavy atom. The van der Waals surface area contributed by atoms with Crippen LogP contribution in [0, 0.1) is 0 Å². The third-order valence-corrected chi connectivity index (χ3v) is 5.84. The average molecular weight is 458 g/mol. The number of benzene rings is 2.